The van der Waals surface area contributed by atoms with Crippen molar-refractivity contribution in [2.45, 2.75) is 27.3 Å². The summed E-state index contributed by atoms with van der Waals surface area (Å²) in [5.74, 6) is 0. The van der Waals surface area contributed by atoms with Gasteiger partial charge in [-0.3, -0.25) is 0 Å². The standard InChI is InChI=1S/C60H49N3/c1-4-16-56-60(62)54-37-45(28-30-55(54)63(56)38-47-22-12-11-17-41(47)31-32-61)44-23-15-24-46(36-44)57-48-25-13-14-26-49(48)58(50-29-27-39(2)33-53(50)57)59-51(42-18-7-5-8-19-42)34-40(3)35-52(59)43-20-9-6-10-21-43/h4-37H,38,61-62H2,1-3H3/b16-4-,32-31-. The van der Waals surface area contributed by atoms with E-state index < -0.39 is 0 Å². The molecule has 0 unspecified atom stereocenters. The number of fused-ring (bicyclic) bond motifs is 3. The number of hydrogen-bond donors (Lipinski definition) is 2. The third kappa shape index (κ3) is 7.08. The van der Waals surface area contributed by atoms with Crippen molar-refractivity contribution in [1.29, 1.82) is 0 Å². The summed E-state index contributed by atoms with van der Waals surface area (Å²) in [6.45, 7) is 7.12. The average Bonchev–Trinajstić information content (AvgIpc) is 3.57. The van der Waals surface area contributed by atoms with Crippen molar-refractivity contribution >= 4 is 50.3 Å². The van der Waals surface area contributed by atoms with E-state index in [9.17, 15) is 0 Å². The van der Waals surface area contributed by atoms with E-state index in [0.717, 1.165) is 39.0 Å². The smallest absolute Gasteiger partial charge is 0.0651 e. The number of aryl methyl sites for hydroxylation is 2. The van der Waals surface area contributed by atoms with Crippen LogP contribution in [0.5, 0.6) is 0 Å². The SMILES string of the molecule is C/C=C\c1c(N)c2cc(-c3cccc(-c4c5ccccc5c(-c5c(-c6ccccc6)cc(C)cc5-c5ccccc5)c5ccc(C)cc45)c3)ccc2n1Cc1ccccc1/C=C\N. The monoisotopic (exact) mass is 811 g/mol. The second kappa shape index (κ2) is 16.5. The second-order valence-electron chi connectivity index (χ2n) is 16.6. The summed E-state index contributed by atoms with van der Waals surface area (Å²) in [4.78, 5) is 0. The van der Waals surface area contributed by atoms with Crippen LogP contribution in [0.2, 0.25) is 0 Å². The van der Waals surface area contributed by atoms with Crippen LogP contribution in [-0.4, -0.2) is 4.57 Å². The molecular weight excluding hydrogens is 763 g/mol. The first kappa shape index (κ1) is 39.3. The van der Waals surface area contributed by atoms with Crippen LogP contribution in [0.3, 0.4) is 0 Å². The Balaban J connectivity index is 1.18. The summed E-state index contributed by atoms with van der Waals surface area (Å²) in [5.41, 5.74) is 32.5. The van der Waals surface area contributed by atoms with E-state index in [4.69, 9.17) is 11.5 Å². The molecule has 9 aromatic carbocycles. The minimum Gasteiger partial charge on any atom is -0.405 e. The van der Waals surface area contributed by atoms with Gasteiger partial charge in [-0.05, 0) is 151 Å². The van der Waals surface area contributed by atoms with E-state index in [2.05, 4.69) is 206 Å². The molecule has 1 heterocycles. The van der Waals surface area contributed by atoms with Crippen LogP contribution in [0.15, 0.2) is 194 Å². The van der Waals surface area contributed by atoms with Crippen molar-refractivity contribution in [3.05, 3.63) is 222 Å². The zero-order valence-electron chi connectivity index (χ0n) is 35.9. The highest BCUT2D eigenvalue weighted by Crippen LogP contribution is 2.50. The fourth-order valence-corrected chi connectivity index (χ4v) is 9.68. The molecule has 0 aliphatic carbocycles. The number of nitrogen functional groups attached to an aromatic ring is 1. The topological polar surface area (TPSA) is 57.0 Å². The fourth-order valence-electron chi connectivity index (χ4n) is 9.68. The summed E-state index contributed by atoms with van der Waals surface area (Å²) in [6, 6.07) is 66.6. The lowest BCUT2D eigenvalue weighted by Crippen LogP contribution is -2.04. The Hall–Kier alpha value is -7.88. The van der Waals surface area contributed by atoms with Crippen molar-refractivity contribution < 1.29 is 0 Å². The normalized spacial score (nSPS) is 11.8. The Morgan fingerprint density at radius 1 is 0.460 bits per heavy atom. The number of anilines is 1. The molecule has 10 rings (SSSR count). The third-order valence-corrected chi connectivity index (χ3v) is 12.5. The summed E-state index contributed by atoms with van der Waals surface area (Å²) >= 11 is 0. The van der Waals surface area contributed by atoms with E-state index in [1.807, 2.05) is 19.1 Å². The van der Waals surface area contributed by atoms with Gasteiger partial charge in [0.05, 0.1) is 16.9 Å². The number of aromatic nitrogens is 1. The molecular formula is C60H49N3. The molecule has 63 heavy (non-hydrogen) atoms. The zero-order valence-corrected chi connectivity index (χ0v) is 35.9. The highest BCUT2D eigenvalue weighted by molar-refractivity contribution is 6.24. The van der Waals surface area contributed by atoms with Crippen molar-refractivity contribution in [3.8, 4) is 55.6 Å². The molecule has 0 radical (unpaired) electrons. The van der Waals surface area contributed by atoms with Gasteiger partial charge in [0.1, 0.15) is 0 Å². The molecule has 0 aliphatic heterocycles. The fraction of sp³-hybridized carbons (Fsp3) is 0.0667. The molecule has 0 amide bonds. The predicted molar refractivity (Wildman–Crippen MR) is 271 cm³/mol. The van der Waals surface area contributed by atoms with Crippen LogP contribution in [0, 0.1) is 13.8 Å². The highest BCUT2D eigenvalue weighted by Gasteiger charge is 2.23. The Labute approximate surface area is 369 Å². The van der Waals surface area contributed by atoms with Gasteiger partial charge in [0.2, 0.25) is 0 Å². The molecule has 0 atom stereocenters. The Kier molecular flexibility index (Phi) is 10.3. The van der Waals surface area contributed by atoms with Crippen molar-refractivity contribution in [1.82, 2.24) is 4.57 Å². The maximum atomic E-state index is 7.04. The second-order valence-corrected chi connectivity index (χ2v) is 16.6. The van der Waals surface area contributed by atoms with Crippen LogP contribution in [-0.2, 0) is 6.54 Å². The molecule has 0 spiro atoms. The molecule has 3 heteroatoms. The van der Waals surface area contributed by atoms with Gasteiger partial charge in [-0.1, -0.05) is 175 Å². The number of rotatable bonds is 9. The van der Waals surface area contributed by atoms with Crippen LogP contribution in [0.1, 0.15) is 34.9 Å². The Morgan fingerprint density at radius 3 is 1.76 bits per heavy atom. The number of allylic oxidation sites excluding steroid dienone is 1. The Bertz CT molecular complexity index is 3340. The van der Waals surface area contributed by atoms with Gasteiger partial charge in [0.25, 0.3) is 0 Å². The number of nitrogens with zero attached hydrogens (tertiary/aromatic N) is 1. The molecule has 0 bridgehead atoms. The van der Waals surface area contributed by atoms with E-state index in [-0.39, 0.29) is 0 Å². The maximum absolute atomic E-state index is 7.04. The zero-order chi connectivity index (χ0) is 43.0. The van der Waals surface area contributed by atoms with Crippen molar-refractivity contribution in [3.63, 3.8) is 0 Å². The van der Waals surface area contributed by atoms with Crippen molar-refractivity contribution in [2.75, 3.05) is 5.73 Å². The summed E-state index contributed by atoms with van der Waals surface area (Å²) < 4.78 is 2.32. The molecule has 0 fully saturated rings. The first-order chi connectivity index (χ1) is 30.9. The van der Waals surface area contributed by atoms with E-state index in [1.54, 1.807) is 6.20 Å². The molecule has 0 saturated carbocycles. The maximum Gasteiger partial charge on any atom is 0.0651 e. The van der Waals surface area contributed by atoms with Crippen LogP contribution in [0.25, 0.3) is 100 Å². The Morgan fingerprint density at radius 2 is 1.06 bits per heavy atom. The van der Waals surface area contributed by atoms with Crippen molar-refractivity contribution in [2.24, 2.45) is 5.73 Å². The largest absolute Gasteiger partial charge is 0.405 e. The third-order valence-electron chi connectivity index (χ3n) is 12.5. The summed E-state index contributed by atoms with van der Waals surface area (Å²) in [6.07, 6.45) is 7.73. The average molecular weight is 812 g/mol. The van der Waals surface area contributed by atoms with Gasteiger partial charge in [-0.25, -0.2) is 0 Å². The van der Waals surface area contributed by atoms with Gasteiger partial charge in [-0.15, -0.1) is 0 Å². The minimum absolute atomic E-state index is 0.667. The summed E-state index contributed by atoms with van der Waals surface area (Å²) in [7, 11) is 0. The lowest BCUT2D eigenvalue weighted by molar-refractivity contribution is 0.827. The molecule has 0 aliphatic rings. The first-order valence-corrected chi connectivity index (χ1v) is 21.7. The first-order valence-electron chi connectivity index (χ1n) is 21.7. The highest BCUT2D eigenvalue weighted by atomic mass is 15.0. The van der Waals surface area contributed by atoms with Gasteiger partial charge in [0, 0.05) is 11.9 Å². The molecule has 304 valence electrons. The van der Waals surface area contributed by atoms with Crippen LogP contribution >= 0.6 is 0 Å². The predicted octanol–water partition coefficient (Wildman–Crippen LogP) is 15.5. The van der Waals surface area contributed by atoms with Gasteiger partial charge in [-0.2, -0.15) is 0 Å². The van der Waals surface area contributed by atoms with E-state index in [0.29, 0.717) is 6.54 Å². The molecule has 4 N–H and O–H groups in total. The minimum atomic E-state index is 0.667. The number of hydrogen-bond acceptors (Lipinski definition) is 2. The lowest BCUT2D eigenvalue weighted by atomic mass is 9.80. The van der Waals surface area contributed by atoms with Crippen LogP contribution < -0.4 is 11.5 Å². The number of benzene rings is 9. The number of nitrogens with two attached hydrogens (primary N) is 2. The quantitative estimate of drug-likeness (QED) is 0.143. The van der Waals surface area contributed by atoms with Gasteiger partial charge < -0.3 is 16.0 Å². The molecule has 1 aromatic heterocycles. The van der Waals surface area contributed by atoms with E-state index in [1.165, 1.54) is 82.7 Å². The molecule has 0 saturated heterocycles. The molecule has 10 aromatic rings. The van der Waals surface area contributed by atoms with Crippen LogP contribution in [0.4, 0.5) is 5.69 Å². The molecule has 3 nitrogen and oxygen atoms in total. The lowest BCUT2D eigenvalue weighted by Gasteiger charge is -2.23. The van der Waals surface area contributed by atoms with Gasteiger partial charge >= 0.3 is 0 Å². The summed E-state index contributed by atoms with van der Waals surface area (Å²) in [5, 5.41) is 5.95. The van der Waals surface area contributed by atoms with E-state index >= 15 is 0 Å². The van der Waals surface area contributed by atoms with Gasteiger partial charge in [0.15, 0.2) is 0 Å².